The summed E-state index contributed by atoms with van der Waals surface area (Å²) < 4.78 is 52.0. The molecule has 1 saturated heterocycles. The van der Waals surface area contributed by atoms with Gasteiger partial charge in [-0.2, -0.15) is 4.31 Å². The average Bonchev–Trinajstić information content (AvgIpc) is 2.73. The van der Waals surface area contributed by atoms with E-state index in [-0.39, 0.29) is 29.6 Å². The van der Waals surface area contributed by atoms with Crippen LogP contribution in [0, 0.1) is 0 Å². The van der Waals surface area contributed by atoms with E-state index in [0.717, 1.165) is 6.26 Å². The number of amides is 1. The number of halogens is 1. The fraction of sp³-hybridized carbons (Fsp3) is 0.250. The van der Waals surface area contributed by atoms with Gasteiger partial charge < -0.3 is 4.90 Å². The van der Waals surface area contributed by atoms with Gasteiger partial charge in [0.1, 0.15) is 0 Å². The lowest BCUT2D eigenvalue weighted by Crippen LogP contribution is -2.49. The normalized spacial score (nSPS) is 15.9. The summed E-state index contributed by atoms with van der Waals surface area (Å²) in [5, 5.41) is 0.293. The lowest BCUT2D eigenvalue weighted by atomic mass is 10.2. The van der Waals surface area contributed by atoms with Gasteiger partial charge in [0.15, 0.2) is 0 Å². The van der Waals surface area contributed by atoms with E-state index < -0.39 is 20.0 Å². The highest BCUT2D eigenvalue weighted by Crippen LogP contribution is 2.24. The Balaban J connectivity index is 1.62. The second kappa shape index (κ2) is 9.39. The number of benzene rings is 2. The molecule has 31 heavy (non-hydrogen) atoms. The van der Waals surface area contributed by atoms with Crippen molar-refractivity contribution in [2.24, 2.45) is 0 Å². The molecule has 1 N–H and O–H groups in total. The summed E-state index contributed by atoms with van der Waals surface area (Å²) >= 11 is 6.00. The van der Waals surface area contributed by atoms with Crippen LogP contribution in [0.25, 0.3) is 6.08 Å². The van der Waals surface area contributed by atoms with Gasteiger partial charge >= 0.3 is 0 Å². The summed E-state index contributed by atoms with van der Waals surface area (Å²) in [4.78, 5) is 14.0. The highest BCUT2D eigenvalue weighted by molar-refractivity contribution is 7.92. The fourth-order valence-electron chi connectivity index (χ4n) is 3.02. The Labute approximate surface area is 187 Å². The Morgan fingerprint density at radius 1 is 0.968 bits per heavy atom. The van der Waals surface area contributed by atoms with Gasteiger partial charge in [-0.25, -0.2) is 16.8 Å². The number of rotatable bonds is 6. The molecule has 1 amide bonds. The first kappa shape index (κ1) is 23.3. The van der Waals surface area contributed by atoms with Gasteiger partial charge in [-0.05, 0) is 35.9 Å². The lowest BCUT2D eigenvalue weighted by Gasteiger charge is -2.32. The smallest absolute Gasteiger partial charge is 0.261 e. The van der Waals surface area contributed by atoms with Crippen molar-refractivity contribution in [3.8, 4) is 0 Å². The first-order valence-corrected chi connectivity index (χ1v) is 13.1. The molecule has 0 atom stereocenters. The van der Waals surface area contributed by atoms with Gasteiger partial charge in [0.2, 0.25) is 15.9 Å². The summed E-state index contributed by atoms with van der Waals surface area (Å²) in [7, 11) is -7.06. The van der Waals surface area contributed by atoms with Crippen molar-refractivity contribution in [1.82, 2.24) is 9.21 Å². The lowest BCUT2D eigenvalue weighted by molar-refractivity contribution is -0.127. The van der Waals surface area contributed by atoms with Crippen LogP contribution in [-0.4, -0.2) is 64.4 Å². The predicted molar refractivity (Wildman–Crippen MR) is 121 cm³/mol. The van der Waals surface area contributed by atoms with Gasteiger partial charge in [0, 0.05) is 32.3 Å². The highest BCUT2D eigenvalue weighted by Gasteiger charge is 2.25. The third kappa shape index (κ3) is 6.07. The van der Waals surface area contributed by atoms with Crippen LogP contribution < -0.4 is 4.72 Å². The average molecular weight is 484 g/mol. The minimum atomic E-state index is -3.81. The predicted octanol–water partition coefficient (Wildman–Crippen LogP) is 2.26. The SMILES string of the molecule is CS(=O)(=O)N1CCN(C(=O)/C=C/c2ccc(S(=O)(=O)Nc3ccccc3Cl)cc2)CC1. The minimum Gasteiger partial charge on any atom is -0.337 e. The number of hydrogen-bond donors (Lipinski definition) is 1. The number of carbonyl (C=O) groups excluding carboxylic acids is 1. The van der Waals surface area contributed by atoms with E-state index in [9.17, 15) is 21.6 Å². The molecule has 2 aromatic carbocycles. The van der Waals surface area contributed by atoms with Crippen molar-refractivity contribution in [3.05, 3.63) is 65.2 Å². The van der Waals surface area contributed by atoms with Crippen molar-refractivity contribution in [3.63, 3.8) is 0 Å². The zero-order chi connectivity index (χ0) is 22.6. The van der Waals surface area contributed by atoms with E-state index in [4.69, 9.17) is 11.6 Å². The zero-order valence-corrected chi connectivity index (χ0v) is 19.1. The zero-order valence-electron chi connectivity index (χ0n) is 16.7. The molecule has 3 rings (SSSR count). The molecule has 1 aliphatic rings. The Morgan fingerprint density at radius 3 is 2.16 bits per heavy atom. The van der Waals surface area contributed by atoms with Crippen molar-refractivity contribution < 1.29 is 21.6 Å². The second-order valence-electron chi connectivity index (χ2n) is 6.98. The van der Waals surface area contributed by atoms with Crippen LogP contribution in [0.15, 0.2) is 59.5 Å². The molecule has 11 heteroatoms. The van der Waals surface area contributed by atoms with Gasteiger partial charge in [0.05, 0.1) is 21.9 Å². The molecule has 0 spiro atoms. The Kier molecular flexibility index (Phi) is 7.05. The molecule has 0 radical (unpaired) electrons. The molecule has 0 unspecified atom stereocenters. The highest BCUT2D eigenvalue weighted by atomic mass is 35.5. The molecular weight excluding hydrogens is 462 g/mol. The molecule has 1 fully saturated rings. The van der Waals surface area contributed by atoms with Crippen LogP contribution in [0.4, 0.5) is 5.69 Å². The van der Waals surface area contributed by atoms with Crippen LogP contribution in [0.1, 0.15) is 5.56 Å². The molecule has 0 saturated carbocycles. The van der Waals surface area contributed by atoms with E-state index in [0.29, 0.717) is 23.7 Å². The molecule has 1 heterocycles. The van der Waals surface area contributed by atoms with E-state index in [1.807, 2.05) is 0 Å². The van der Waals surface area contributed by atoms with Crippen LogP contribution in [0.3, 0.4) is 0 Å². The van der Waals surface area contributed by atoms with Crippen molar-refractivity contribution in [1.29, 1.82) is 0 Å². The number of nitrogens with one attached hydrogen (secondary N) is 1. The minimum absolute atomic E-state index is 0.0628. The second-order valence-corrected chi connectivity index (χ2v) is 11.0. The maximum atomic E-state index is 12.5. The van der Waals surface area contributed by atoms with Crippen molar-refractivity contribution >= 4 is 49.3 Å². The number of para-hydroxylation sites is 1. The molecule has 0 bridgehead atoms. The summed E-state index contributed by atoms with van der Waals surface area (Å²) in [6.45, 7) is 1.18. The van der Waals surface area contributed by atoms with Gasteiger partial charge in [0.25, 0.3) is 10.0 Å². The standard InChI is InChI=1S/C20H22ClN3O5S2/c1-30(26,27)24-14-12-23(13-15-24)20(25)11-8-16-6-9-17(10-7-16)31(28,29)22-19-5-3-2-4-18(19)21/h2-11,22H,12-15H2,1H3/b11-8+. The summed E-state index contributed by atoms with van der Waals surface area (Å²) in [5.74, 6) is -0.231. The Hall–Kier alpha value is -2.40. The van der Waals surface area contributed by atoms with Gasteiger partial charge in [-0.3, -0.25) is 9.52 Å². The number of hydrogen-bond acceptors (Lipinski definition) is 5. The third-order valence-corrected chi connectivity index (χ3v) is 7.76. The number of anilines is 1. The van der Waals surface area contributed by atoms with Crippen molar-refractivity contribution in [2.75, 3.05) is 37.2 Å². The molecule has 0 aromatic heterocycles. The number of sulfonamides is 2. The maximum absolute atomic E-state index is 12.5. The van der Waals surface area contributed by atoms with Gasteiger partial charge in [-0.1, -0.05) is 35.9 Å². The summed E-state index contributed by atoms with van der Waals surface area (Å²) in [5.41, 5.74) is 0.939. The van der Waals surface area contributed by atoms with E-state index >= 15 is 0 Å². The van der Waals surface area contributed by atoms with E-state index in [1.165, 1.54) is 22.5 Å². The number of nitrogens with zero attached hydrogens (tertiary/aromatic N) is 2. The van der Waals surface area contributed by atoms with Crippen LogP contribution >= 0.6 is 11.6 Å². The molecule has 1 aliphatic heterocycles. The summed E-state index contributed by atoms with van der Waals surface area (Å²) in [6.07, 6.45) is 4.13. The third-order valence-electron chi connectivity index (χ3n) is 4.75. The molecule has 8 nitrogen and oxygen atoms in total. The Morgan fingerprint density at radius 2 is 1.58 bits per heavy atom. The first-order valence-electron chi connectivity index (χ1n) is 9.36. The Bertz CT molecular complexity index is 1190. The largest absolute Gasteiger partial charge is 0.337 e. The van der Waals surface area contributed by atoms with E-state index in [1.54, 1.807) is 47.4 Å². The topological polar surface area (TPSA) is 104 Å². The molecule has 2 aromatic rings. The van der Waals surface area contributed by atoms with Gasteiger partial charge in [-0.15, -0.1) is 0 Å². The summed E-state index contributed by atoms with van der Waals surface area (Å²) in [6, 6.07) is 12.6. The first-order chi connectivity index (χ1) is 14.6. The van der Waals surface area contributed by atoms with Crippen molar-refractivity contribution in [2.45, 2.75) is 4.90 Å². The molecule has 166 valence electrons. The molecule has 0 aliphatic carbocycles. The van der Waals surface area contributed by atoms with Crippen LogP contribution in [0.2, 0.25) is 5.02 Å². The fourth-order valence-corrected chi connectivity index (χ4v) is 5.16. The van der Waals surface area contributed by atoms with Crippen LogP contribution in [0.5, 0.6) is 0 Å². The maximum Gasteiger partial charge on any atom is 0.261 e. The number of piperazine rings is 1. The number of carbonyl (C=O) groups is 1. The van der Waals surface area contributed by atoms with Crippen LogP contribution in [-0.2, 0) is 24.8 Å². The monoisotopic (exact) mass is 483 g/mol. The quantitative estimate of drug-likeness (QED) is 0.635. The van der Waals surface area contributed by atoms with E-state index in [2.05, 4.69) is 4.72 Å². The molecular formula is C20H22ClN3O5S2.